The maximum absolute atomic E-state index is 14.8. The van der Waals surface area contributed by atoms with Crippen molar-refractivity contribution in [1.82, 2.24) is 0 Å². The molecule has 0 aromatic heterocycles. The van der Waals surface area contributed by atoms with Crippen molar-refractivity contribution in [3.63, 3.8) is 0 Å². The summed E-state index contributed by atoms with van der Waals surface area (Å²) in [6.45, 7) is 4.35. The molecule has 0 aliphatic heterocycles. The van der Waals surface area contributed by atoms with E-state index in [2.05, 4.69) is 49.1 Å². The minimum absolute atomic E-state index is 0.103. The molecule has 0 amide bonds. The van der Waals surface area contributed by atoms with Crippen LogP contribution in [0.2, 0.25) is 0 Å². The Hall–Kier alpha value is -2.85. The Morgan fingerprint density at radius 1 is 0.903 bits per heavy atom. The Balaban J connectivity index is 1.48. The maximum Gasteiger partial charge on any atom is 0.134 e. The molecule has 0 nitrogen and oxygen atoms in total. The Morgan fingerprint density at radius 3 is 2.35 bits per heavy atom. The number of allylic oxidation sites excluding steroid dienone is 2. The van der Waals surface area contributed by atoms with Crippen LogP contribution in [0.4, 0.5) is 4.39 Å². The summed E-state index contributed by atoms with van der Waals surface area (Å²) in [5.74, 6) is 8.00. The number of hydrogen-bond donors (Lipinski definition) is 0. The largest absolute Gasteiger partial charge is 0.206 e. The second-order valence-corrected chi connectivity index (χ2v) is 8.91. The van der Waals surface area contributed by atoms with Crippen LogP contribution in [0.15, 0.2) is 66.7 Å². The average molecular weight is 411 g/mol. The van der Waals surface area contributed by atoms with Gasteiger partial charge >= 0.3 is 0 Å². The van der Waals surface area contributed by atoms with Crippen LogP contribution in [0.3, 0.4) is 0 Å². The summed E-state index contributed by atoms with van der Waals surface area (Å²) in [6, 6.07) is 18.4. The smallest absolute Gasteiger partial charge is 0.134 e. The third-order valence-corrected chi connectivity index (χ3v) is 6.60. The lowest BCUT2D eigenvalue weighted by Gasteiger charge is -2.26. The lowest BCUT2D eigenvalue weighted by molar-refractivity contribution is 0.348. The van der Waals surface area contributed by atoms with Gasteiger partial charge < -0.3 is 0 Å². The van der Waals surface area contributed by atoms with Gasteiger partial charge in [-0.1, -0.05) is 74.1 Å². The van der Waals surface area contributed by atoms with E-state index in [1.807, 2.05) is 43.3 Å². The van der Waals surface area contributed by atoms with Crippen molar-refractivity contribution in [2.24, 2.45) is 5.92 Å². The van der Waals surface area contributed by atoms with Crippen molar-refractivity contribution < 1.29 is 4.39 Å². The molecular weight excluding hydrogens is 379 g/mol. The number of hydrogen-bond acceptors (Lipinski definition) is 0. The van der Waals surface area contributed by atoms with Gasteiger partial charge in [0.05, 0.1) is 0 Å². The predicted octanol–water partition coefficient (Wildman–Crippen LogP) is 8.18. The molecule has 4 rings (SSSR count). The summed E-state index contributed by atoms with van der Waals surface area (Å²) < 4.78 is 14.8. The van der Waals surface area contributed by atoms with E-state index >= 15 is 0 Å². The molecule has 158 valence electrons. The molecule has 0 spiro atoms. The first-order valence-corrected chi connectivity index (χ1v) is 11.6. The number of aryl methyl sites for hydroxylation is 1. The molecule has 3 aromatic rings. The first kappa shape index (κ1) is 21.4. The fraction of sp³-hybridized carbons (Fsp3) is 0.333. The second-order valence-electron chi connectivity index (χ2n) is 8.91. The molecule has 1 aliphatic rings. The number of benzene rings is 3. The van der Waals surface area contributed by atoms with Crippen LogP contribution in [0.1, 0.15) is 74.1 Å². The average Bonchev–Trinajstić information content (AvgIpc) is 2.80. The third-order valence-electron chi connectivity index (χ3n) is 6.60. The van der Waals surface area contributed by atoms with E-state index < -0.39 is 0 Å². The van der Waals surface area contributed by atoms with E-state index in [0.29, 0.717) is 11.3 Å². The minimum Gasteiger partial charge on any atom is -0.206 e. The lowest BCUT2D eigenvalue weighted by atomic mass is 9.79. The van der Waals surface area contributed by atoms with Crippen molar-refractivity contribution >= 4 is 10.8 Å². The molecule has 0 atom stereocenters. The minimum atomic E-state index is -0.103. The summed E-state index contributed by atoms with van der Waals surface area (Å²) in [6.07, 6.45) is 11.0. The Bertz CT molecular complexity index is 1120. The van der Waals surface area contributed by atoms with E-state index in [9.17, 15) is 4.39 Å². The molecule has 1 fully saturated rings. The summed E-state index contributed by atoms with van der Waals surface area (Å²) in [5, 5.41) is 1.58. The van der Waals surface area contributed by atoms with Crippen LogP contribution >= 0.6 is 0 Å². The van der Waals surface area contributed by atoms with Gasteiger partial charge in [-0.3, -0.25) is 0 Å². The summed E-state index contributed by atoms with van der Waals surface area (Å²) in [7, 11) is 0. The van der Waals surface area contributed by atoms with Gasteiger partial charge in [0.15, 0.2) is 0 Å². The SMILES string of the molecule is C/C=C/CCc1ccc2cc(C#Cc3ccc(C4CCC(C)CC4)cc3)ccc2c1F. The number of halogens is 1. The van der Waals surface area contributed by atoms with Gasteiger partial charge in [-0.2, -0.15) is 0 Å². The fourth-order valence-corrected chi connectivity index (χ4v) is 4.59. The molecule has 1 heteroatoms. The molecule has 0 radical (unpaired) electrons. The molecule has 1 aliphatic carbocycles. The molecule has 1 saturated carbocycles. The fourth-order valence-electron chi connectivity index (χ4n) is 4.59. The first-order valence-electron chi connectivity index (χ1n) is 11.6. The monoisotopic (exact) mass is 410 g/mol. The standard InChI is InChI=1S/C30H31F/c1-3-4-5-6-27-18-19-28-21-24(13-20-29(28)30(27)31)10-9-23-11-16-26(17-12-23)25-14-7-22(2)8-15-25/h3-4,11-13,16-22,25H,5-8,14-15H2,1-2H3/b4-3+. The highest BCUT2D eigenvalue weighted by atomic mass is 19.1. The van der Waals surface area contributed by atoms with Gasteiger partial charge in [0.25, 0.3) is 0 Å². The highest BCUT2D eigenvalue weighted by molar-refractivity contribution is 5.85. The molecule has 0 unspecified atom stereocenters. The van der Waals surface area contributed by atoms with Gasteiger partial charge in [-0.15, -0.1) is 0 Å². The number of rotatable bonds is 4. The summed E-state index contributed by atoms with van der Waals surface area (Å²) >= 11 is 0. The van der Waals surface area contributed by atoms with E-state index in [-0.39, 0.29) is 5.82 Å². The van der Waals surface area contributed by atoms with E-state index in [1.54, 1.807) is 0 Å². The first-order chi connectivity index (χ1) is 15.1. The molecule has 31 heavy (non-hydrogen) atoms. The van der Waals surface area contributed by atoms with Crippen LogP contribution in [0.5, 0.6) is 0 Å². The zero-order valence-electron chi connectivity index (χ0n) is 18.6. The second kappa shape index (κ2) is 9.97. The zero-order chi connectivity index (χ0) is 21.6. The van der Waals surface area contributed by atoms with E-state index in [0.717, 1.165) is 40.8 Å². The molecule has 0 N–H and O–H groups in total. The third kappa shape index (κ3) is 5.26. The van der Waals surface area contributed by atoms with Gasteiger partial charge in [0.2, 0.25) is 0 Å². The van der Waals surface area contributed by atoms with Crippen molar-refractivity contribution in [3.8, 4) is 11.8 Å². The Kier molecular flexibility index (Phi) is 6.88. The quantitative estimate of drug-likeness (QED) is 0.300. The molecule has 0 bridgehead atoms. The lowest BCUT2D eigenvalue weighted by Crippen LogP contribution is -2.10. The van der Waals surface area contributed by atoms with Crippen molar-refractivity contribution in [3.05, 3.63) is 94.8 Å². The topological polar surface area (TPSA) is 0 Å². The van der Waals surface area contributed by atoms with Crippen LogP contribution < -0.4 is 0 Å². The highest BCUT2D eigenvalue weighted by Gasteiger charge is 2.19. The predicted molar refractivity (Wildman–Crippen MR) is 130 cm³/mol. The highest BCUT2D eigenvalue weighted by Crippen LogP contribution is 2.35. The maximum atomic E-state index is 14.8. The van der Waals surface area contributed by atoms with E-state index in [4.69, 9.17) is 0 Å². The van der Waals surface area contributed by atoms with Gasteiger partial charge in [-0.05, 0) is 85.2 Å². The van der Waals surface area contributed by atoms with Gasteiger partial charge in [-0.25, -0.2) is 4.39 Å². The summed E-state index contributed by atoms with van der Waals surface area (Å²) in [5.41, 5.74) is 4.17. The Morgan fingerprint density at radius 2 is 1.61 bits per heavy atom. The van der Waals surface area contributed by atoms with Crippen LogP contribution in [0, 0.1) is 23.6 Å². The molecule has 0 saturated heterocycles. The number of fused-ring (bicyclic) bond motifs is 1. The van der Waals surface area contributed by atoms with Crippen LogP contribution in [0.25, 0.3) is 10.8 Å². The van der Waals surface area contributed by atoms with Gasteiger partial charge in [0.1, 0.15) is 5.82 Å². The molecule has 0 heterocycles. The Labute approximate surface area is 186 Å². The van der Waals surface area contributed by atoms with Gasteiger partial charge in [0, 0.05) is 16.5 Å². The molecule has 3 aromatic carbocycles. The van der Waals surface area contributed by atoms with Crippen LogP contribution in [-0.4, -0.2) is 0 Å². The van der Waals surface area contributed by atoms with Crippen molar-refractivity contribution in [1.29, 1.82) is 0 Å². The van der Waals surface area contributed by atoms with Crippen LogP contribution in [-0.2, 0) is 6.42 Å². The zero-order valence-corrected chi connectivity index (χ0v) is 18.6. The molecular formula is C30H31F. The van der Waals surface area contributed by atoms with Crippen molar-refractivity contribution in [2.45, 2.75) is 58.3 Å². The summed E-state index contributed by atoms with van der Waals surface area (Å²) in [4.78, 5) is 0. The van der Waals surface area contributed by atoms with Crippen molar-refractivity contribution in [2.75, 3.05) is 0 Å². The van der Waals surface area contributed by atoms with E-state index in [1.165, 1.54) is 31.2 Å². The normalized spacial score (nSPS) is 18.8.